The third-order valence-electron chi connectivity index (χ3n) is 6.13. The Hall–Kier alpha value is -3.07. The molecule has 7 nitrogen and oxygen atoms in total. The topological polar surface area (TPSA) is 83.5 Å². The average Bonchev–Trinajstić information content (AvgIpc) is 2.92. The van der Waals surface area contributed by atoms with E-state index in [4.69, 9.17) is 23.7 Å². The SMILES string of the molecule is CO[C@H]1OC(COCc2ccccc2)[C@H](OCc2ccccc2)[C@H](C(=O)O)C1OCc1ccccc1. The van der Waals surface area contributed by atoms with Crippen molar-refractivity contribution in [2.75, 3.05) is 13.7 Å². The van der Waals surface area contributed by atoms with Gasteiger partial charge in [0.1, 0.15) is 24.2 Å². The number of hydrogen-bond donors (Lipinski definition) is 1. The molecule has 0 amide bonds. The molecule has 190 valence electrons. The number of carboxylic acids is 1. The van der Waals surface area contributed by atoms with Crippen LogP contribution in [0.5, 0.6) is 0 Å². The minimum atomic E-state index is -1.04. The van der Waals surface area contributed by atoms with Gasteiger partial charge in [0.2, 0.25) is 0 Å². The third kappa shape index (κ3) is 7.00. The molecule has 1 N–H and O–H groups in total. The van der Waals surface area contributed by atoms with Gasteiger partial charge in [-0.1, -0.05) is 91.0 Å². The standard InChI is InChI=1S/C29H32O7/c1-32-29-27(35-19-23-15-9-4-10-16-23)25(28(30)31)26(34-18-22-13-7-3-8-14-22)24(36-29)20-33-17-21-11-5-2-6-12-21/h2-16,24-27,29H,17-20H2,1H3,(H,30,31)/t24?,25-,26-,27?,29-/m0/s1. The highest BCUT2D eigenvalue weighted by Gasteiger charge is 2.51. The van der Waals surface area contributed by atoms with E-state index in [1.165, 1.54) is 7.11 Å². The summed E-state index contributed by atoms with van der Waals surface area (Å²) in [6.45, 7) is 0.967. The van der Waals surface area contributed by atoms with Crippen molar-refractivity contribution in [2.45, 2.75) is 44.4 Å². The molecular formula is C29H32O7. The van der Waals surface area contributed by atoms with Crippen LogP contribution in [-0.4, -0.2) is 49.4 Å². The Bertz CT molecular complexity index is 1040. The Labute approximate surface area is 211 Å². The summed E-state index contributed by atoms with van der Waals surface area (Å²) < 4.78 is 30.0. The molecule has 1 aliphatic heterocycles. The Kier molecular flexibility index (Phi) is 9.61. The lowest BCUT2D eigenvalue weighted by molar-refractivity contribution is -0.302. The van der Waals surface area contributed by atoms with Crippen LogP contribution >= 0.6 is 0 Å². The molecule has 5 atom stereocenters. The van der Waals surface area contributed by atoms with Crippen LogP contribution in [0.15, 0.2) is 91.0 Å². The number of aliphatic carboxylic acids is 1. The second-order valence-corrected chi connectivity index (χ2v) is 8.67. The zero-order valence-corrected chi connectivity index (χ0v) is 20.3. The molecule has 0 aliphatic carbocycles. The Balaban J connectivity index is 1.52. The summed E-state index contributed by atoms with van der Waals surface area (Å²) in [5.41, 5.74) is 2.87. The highest BCUT2D eigenvalue weighted by molar-refractivity contribution is 5.72. The fourth-order valence-electron chi connectivity index (χ4n) is 4.31. The van der Waals surface area contributed by atoms with E-state index in [2.05, 4.69) is 0 Å². The molecule has 0 radical (unpaired) electrons. The van der Waals surface area contributed by atoms with E-state index in [-0.39, 0.29) is 19.8 Å². The summed E-state index contributed by atoms with van der Waals surface area (Å²) in [5, 5.41) is 10.3. The molecular weight excluding hydrogens is 460 g/mol. The lowest BCUT2D eigenvalue weighted by atomic mass is 9.88. The lowest BCUT2D eigenvalue weighted by Gasteiger charge is -2.44. The molecule has 4 rings (SSSR count). The second-order valence-electron chi connectivity index (χ2n) is 8.67. The maximum absolute atomic E-state index is 12.6. The molecule has 0 bridgehead atoms. The first-order valence-corrected chi connectivity index (χ1v) is 12.0. The van der Waals surface area contributed by atoms with Gasteiger partial charge < -0.3 is 28.8 Å². The van der Waals surface area contributed by atoms with Crippen LogP contribution in [-0.2, 0) is 48.3 Å². The molecule has 1 fully saturated rings. The summed E-state index contributed by atoms with van der Waals surface area (Å²) in [5.74, 6) is -2.06. The predicted molar refractivity (Wildman–Crippen MR) is 133 cm³/mol. The van der Waals surface area contributed by atoms with Gasteiger partial charge >= 0.3 is 5.97 Å². The number of carbonyl (C=O) groups is 1. The Morgan fingerprint density at radius 1 is 0.750 bits per heavy atom. The van der Waals surface area contributed by atoms with Crippen molar-refractivity contribution in [3.8, 4) is 0 Å². The van der Waals surface area contributed by atoms with E-state index in [0.717, 1.165) is 16.7 Å². The van der Waals surface area contributed by atoms with Gasteiger partial charge in [0.15, 0.2) is 6.29 Å². The van der Waals surface area contributed by atoms with Gasteiger partial charge in [0, 0.05) is 7.11 Å². The number of rotatable bonds is 12. The summed E-state index contributed by atoms with van der Waals surface area (Å²) in [6.07, 6.45) is -3.25. The monoisotopic (exact) mass is 492 g/mol. The Morgan fingerprint density at radius 2 is 1.22 bits per heavy atom. The first-order chi connectivity index (χ1) is 17.7. The minimum absolute atomic E-state index is 0.142. The van der Waals surface area contributed by atoms with Gasteiger partial charge in [-0.15, -0.1) is 0 Å². The zero-order valence-electron chi connectivity index (χ0n) is 20.3. The van der Waals surface area contributed by atoms with Gasteiger partial charge in [-0.3, -0.25) is 4.79 Å². The third-order valence-corrected chi connectivity index (χ3v) is 6.13. The summed E-state index contributed by atoms with van der Waals surface area (Å²) in [4.78, 5) is 12.6. The number of benzene rings is 3. The molecule has 0 spiro atoms. The molecule has 0 saturated carbocycles. The van der Waals surface area contributed by atoms with Crippen LogP contribution in [0.1, 0.15) is 16.7 Å². The van der Waals surface area contributed by atoms with Gasteiger partial charge in [0.25, 0.3) is 0 Å². The van der Waals surface area contributed by atoms with Crippen LogP contribution < -0.4 is 0 Å². The van der Waals surface area contributed by atoms with Gasteiger partial charge in [-0.05, 0) is 16.7 Å². The van der Waals surface area contributed by atoms with Crippen molar-refractivity contribution in [3.05, 3.63) is 108 Å². The maximum atomic E-state index is 12.6. The van der Waals surface area contributed by atoms with Crippen LogP contribution in [0.2, 0.25) is 0 Å². The fraction of sp³-hybridized carbons (Fsp3) is 0.345. The van der Waals surface area contributed by atoms with Crippen LogP contribution in [0.3, 0.4) is 0 Å². The van der Waals surface area contributed by atoms with E-state index in [1.807, 2.05) is 91.0 Å². The van der Waals surface area contributed by atoms with Crippen molar-refractivity contribution < 1.29 is 33.6 Å². The van der Waals surface area contributed by atoms with Gasteiger partial charge in [0.05, 0.1) is 26.4 Å². The normalized spacial score (nSPS) is 23.9. The van der Waals surface area contributed by atoms with E-state index in [1.54, 1.807) is 0 Å². The van der Waals surface area contributed by atoms with E-state index in [0.29, 0.717) is 6.61 Å². The molecule has 1 heterocycles. The van der Waals surface area contributed by atoms with Crippen LogP contribution in [0.25, 0.3) is 0 Å². The summed E-state index contributed by atoms with van der Waals surface area (Å²) >= 11 is 0. The first-order valence-electron chi connectivity index (χ1n) is 12.0. The average molecular weight is 493 g/mol. The van der Waals surface area contributed by atoms with E-state index < -0.39 is 36.5 Å². The van der Waals surface area contributed by atoms with E-state index >= 15 is 0 Å². The Morgan fingerprint density at radius 3 is 1.69 bits per heavy atom. The quantitative estimate of drug-likeness (QED) is 0.400. The number of ether oxygens (including phenoxy) is 5. The molecule has 7 heteroatoms. The van der Waals surface area contributed by atoms with Crippen molar-refractivity contribution in [3.63, 3.8) is 0 Å². The van der Waals surface area contributed by atoms with Crippen molar-refractivity contribution in [1.82, 2.24) is 0 Å². The van der Waals surface area contributed by atoms with E-state index in [9.17, 15) is 9.90 Å². The second kappa shape index (κ2) is 13.3. The van der Waals surface area contributed by atoms with Crippen LogP contribution in [0, 0.1) is 5.92 Å². The highest BCUT2D eigenvalue weighted by atomic mass is 16.7. The summed E-state index contributed by atoms with van der Waals surface area (Å²) in [7, 11) is 1.48. The number of hydrogen-bond acceptors (Lipinski definition) is 6. The number of carboxylic acid groups (broad SMARTS) is 1. The molecule has 2 unspecified atom stereocenters. The van der Waals surface area contributed by atoms with Crippen molar-refractivity contribution >= 4 is 5.97 Å². The maximum Gasteiger partial charge on any atom is 0.312 e. The lowest BCUT2D eigenvalue weighted by Crippen LogP contribution is -2.60. The molecule has 36 heavy (non-hydrogen) atoms. The van der Waals surface area contributed by atoms with Gasteiger partial charge in [-0.25, -0.2) is 0 Å². The van der Waals surface area contributed by atoms with Crippen molar-refractivity contribution in [2.24, 2.45) is 5.92 Å². The van der Waals surface area contributed by atoms with Crippen LogP contribution in [0.4, 0.5) is 0 Å². The fourth-order valence-corrected chi connectivity index (χ4v) is 4.31. The summed E-state index contributed by atoms with van der Waals surface area (Å²) in [6, 6.07) is 29.0. The highest BCUT2D eigenvalue weighted by Crippen LogP contribution is 2.33. The van der Waals surface area contributed by atoms with Gasteiger partial charge in [-0.2, -0.15) is 0 Å². The molecule has 3 aromatic rings. The first kappa shape index (κ1) is 26.0. The predicted octanol–water partition coefficient (Wildman–Crippen LogP) is 4.45. The largest absolute Gasteiger partial charge is 0.481 e. The van der Waals surface area contributed by atoms with Crippen molar-refractivity contribution in [1.29, 1.82) is 0 Å². The molecule has 0 aromatic heterocycles. The zero-order chi connectivity index (χ0) is 25.2. The smallest absolute Gasteiger partial charge is 0.312 e. The molecule has 1 saturated heterocycles. The number of methoxy groups -OCH3 is 1. The molecule has 1 aliphatic rings. The molecule has 3 aromatic carbocycles. The minimum Gasteiger partial charge on any atom is -0.481 e.